The van der Waals surface area contributed by atoms with E-state index in [1.165, 1.54) is 16.7 Å². The number of aryl methyl sites for hydroxylation is 1. The fourth-order valence-electron chi connectivity index (χ4n) is 4.24. The van der Waals surface area contributed by atoms with Crippen molar-refractivity contribution in [1.82, 2.24) is 9.55 Å². The molecule has 3 aromatic rings. The van der Waals surface area contributed by atoms with Crippen LogP contribution in [0.15, 0.2) is 36.7 Å². The first kappa shape index (κ1) is 16.6. The Bertz CT molecular complexity index is 989. The van der Waals surface area contributed by atoms with E-state index in [2.05, 4.69) is 58.8 Å². The van der Waals surface area contributed by atoms with E-state index in [9.17, 15) is 0 Å². The third-order valence-corrected chi connectivity index (χ3v) is 5.76. The molecule has 0 radical (unpaired) electrons. The maximum Gasteiger partial charge on any atom is 0.144 e. The van der Waals surface area contributed by atoms with Crippen molar-refractivity contribution in [2.24, 2.45) is 0 Å². The number of hydrogen-bond acceptors (Lipinski definition) is 4. The molecule has 1 fully saturated rings. The Kier molecular flexibility index (Phi) is 4.05. The molecule has 2 aromatic carbocycles. The van der Waals surface area contributed by atoms with E-state index >= 15 is 0 Å². The van der Waals surface area contributed by atoms with E-state index < -0.39 is 0 Å². The first-order valence-corrected chi connectivity index (χ1v) is 9.73. The normalized spacial score (nSPS) is 19.3. The van der Waals surface area contributed by atoms with Gasteiger partial charge in [-0.1, -0.05) is 18.2 Å². The van der Waals surface area contributed by atoms with Crippen LogP contribution in [0.5, 0.6) is 5.75 Å². The van der Waals surface area contributed by atoms with Crippen LogP contribution >= 0.6 is 0 Å². The van der Waals surface area contributed by atoms with E-state index in [4.69, 9.17) is 9.47 Å². The van der Waals surface area contributed by atoms with Gasteiger partial charge in [0.2, 0.25) is 0 Å². The zero-order valence-electron chi connectivity index (χ0n) is 15.9. The second-order valence-electron chi connectivity index (χ2n) is 7.64. The molecule has 0 N–H and O–H groups in total. The van der Waals surface area contributed by atoms with E-state index in [0.717, 1.165) is 61.6 Å². The second kappa shape index (κ2) is 6.57. The highest BCUT2D eigenvalue weighted by Crippen LogP contribution is 2.35. The largest absolute Gasteiger partial charge is 0.489 e. The average Bonchev–Trinajstić information content (AvgIpc) is 3.32. The third kappa shape index (κ3) is 2.96. The van der Waals surface area contributed by atoms with Gasteiger partial charge >= 0.3 is 0 Å². The van der Waals surface area contributed by atoms with E-state index in [1.807, 2.05) is 6.33 Å². The number of anilines is 1. The van der Waals surface area contributed by atoms with Crippen LogP contribution in [0.2, 0.25) is 0 Å². The van der Waals surface area contributed by atoms with Crippen LogP contribution < -0.4 is 9.64 Å². The minimum atomic E-state index is 0.272. The van der Waals surface area contributed by atoms with Crippen LogP contribution in [0.4, 0.5) is 5.69 Å². The fraction of sp³-hybridized carbons (Fsp3) is 0.409. The van der Waals surface area contributed by atoms with Crippen molar-refractivity contribution in [3.8, 4) is 5.75 Å². The summed E-state index contributed by atoms with van der Waals surface area (Å²) in [6.45, 7) is 5.52. The summed E-state index contributed by atoms with van der Waals surface area (Å²) in [5, 5.41) is 0. The van der Waals surface area contributed by atoms with Crippen LogP contribution in [-0.2, 0) is 11.3 Å². The van der Waals surface area contributed by atoms with Crippen LogP contribution in [-0.4, -0.2) is 36.4 Å². The molecule has 2 aliphatic rings. The highest BCUT2D eigenvalue weighted by molar-refractivity contribution is 5.84. The first-order chi connectivity index (χ1) is 13.2. The second-order valence-corrected chi connectivity index (χ2v) is 7.64. The van der Waals surface area contributed by atoms with Crippen molar-refractivity contribution in [3.63, 3.8) is 0 Å². The molecule has 1 aromatic heterocycles. The number of nitrogens with zero attached hydrogens (tertiary/aromatic N) is 3. The number of benzene rings is 2. The van der Waals surface area contributed by atoms with Crippen LogP contribution in [0, 0.1) is 6.92 Å². The summed E-state index contributed by atoms with van der Waals surface area (Å²) in [7, 11) is 2.10. The molecule has 1 atom stereocenters. The maximum atomic E-state index is 5.87. The molecule has 5 nitrogen and oxygen atoms in total. The van der Waals surface area contributed by atoms with Gasteiger partial charge in [-0.25, -0.2) is 4.98 Å². The molecule has 27 heavy (non-hydrogen) atoms. The molecule has 3 heterocycles. The Hall–Kier alpha value is -2.53. The summed E-state index contributed by atoms with van der Waals surface area (Å²) in [6, 6.07) is 11.0. The van der Waals surface area contributed by atoms with E-state index in [1.54, 1.807) is 0 Å². The molecular formula is C22H25N3O2. The van der Waals surface area contributed by atoms with Gasteiger partial charge < -0.3 is 18.9 Å². The lowest BCUT2D eigenvalue weighted by atomic mass is 9.99. The van der Waals surface area contributed by atoms with Gasteiger partial charge in [-0.2, -0.15) is 0 Å². The number of likely N-dealkylation sites (N-methyl/N-ethyl adjacent to an activating group) is 1. The zero-order valence-corrected chi connectivity index (χ0v) is 15.9. The van der Waals surface area contributed by atoms with Gasteiger partial charge in [0.1, 0.15) is 12.4 Å². The molecule has 5 heteroatoms. The molecule has 0 unspecified atom stereocenters. The van der Waals surface area contributed by atoms with Gasteiger partial charge in [-0.15, -0.1) is 0 Å². The summed E-state index contributed by atoms with van der Waals surface area (Å²) in [6.07, 6.45) is 4.49. The Balaban J connectivity index is 1.45. The lowest BCUT2D eigenvalue weighted by Gasteiger charge is -2.27. The SMILES string of the molecule is Cc1cc(Cn2cnc3cc4c(cc32)OCCN4C)ccc1[C@@H]1CCCO1. The zero-order chi connectivity index (χ0) is 18.4. The number of hydrogen-bond donors (Lipinski definition) is 0. The monoisotopic (exact) mass is 363 g/mol. The van der Waals surface area contributed by atoms with Gasteiger partial charge in [0.15, 0.2) is 0 Å². The molecule has 5 rings (SSSR count). The van der Waals surface area contributed by atoms with Crippen LogP contribution in [0.3, 0.4) is 0 Å². The van der Waals surface area contributed by atoms with Crippen molar-refractivity contribution >= 4 is 16.7 Å². The van der Waals surface area contributed by atoms with E-state index in [-0.39, 0.29) is 6.10 Å². The van der Waals surface area contributed by atoms with Crippen molar-refractivity contribution in [3.05, 3.63) is 53.3 Å². The highest BCUT2D eigenvalue weighted by atomic mass is 16.5. The molecule has 0 bridgehead atoms. The number of fused-ring (bicyclic) bond motifs is 2. The smallest absolute Gasteiger partial charge is 0.144 e. The Morgan fingerprint density at radius 1 is 1.19 bits per heavy atom. The molecule has 1 saturated heterocycles. The van der Waals surface area contributed by atoms with Crippen molar-refractivity contribution in [2.45, 2.75) is 32.4 Å². The lowest BCUT2D eigenvalue weighted by molar-refractivity contribution is 0.111. The highest BCUT2D eigenvalue weighted by Gasteiger charge is 2.20. The Morgan fingerprint density at radius 3 is 2.93 bits per heavy atom. The summed E-state index contributed by atoms with van der Waals surface area (Å²) in [5.74, 6) is 0.947. The number of ether oxygens (including phenoxy) is 2. The first-order valence-electron chi connectivity index (χ1n) is 9.73. The Morgan fingerprint density at radius 2 is 2.11 bits per heavy atom. The van der Waals surface area contributed by atoms with Gasteiger partial charge in [-0.3, -0.25) is 0 Å². The average molecular weight is 363 g/mol. The van der Waals surface area contributed by atoms with Crippen LogP contribution in [0.25, 0.3) is 11.0 Å². The molecule has 0 saturated carbocycles. The van der Waals surface area contributed by atoms with Gasteiger partial charge in [0.05, 0.1) is 35.7 Å². The molecule has 0 aliphatic carbocycles. The van der Waals surface area contributed by atoms with Gasteiger partial charge in [-0.05, 0) is 42.5 Å². The topological polar surface area (TPSA) is 39.5 Å². The van der Waals surface area contributed by atoms with Gasteiger partial charge in [0, 0.05) is 26.3 Å². The summed E-state index contributed by atoms with van der Waals surface area (Å²) in [5.41, 5.74) is 7.17. The summed E-state index contributed by atoms with van der Waals surface area (Å²) in [4.78, 5) is 6.85. The predicted molar refractivity (Wildman–Crippen MR) is 107 cm³/mol. The fourth-order valence-corrected chi connectivity index (χ4v) is 4.24. The molecule has 140 valence electrons. The minimum absolute atomic E-state index is 0.272. The summed E-state index contributed by atoms with van der Waals surface area (Å²) < 4.78 is 13.9. The van der Waals surface area contributed by atoms with Crippen molar-refractivity contribution in [2.75, 3.05) is 31.7 Å². The number of aromatic nitrogens is 2. The number of rotatable bonds is 3. The lowest BCUT2D eigenvalue weighted by Crippen LogP contribution is -2.28. The molecule has 2 aliphatic heterocycles. The Labute approximate surface area is 159 Å². The maximum absolute atomic E-state index is 5.87. The number of imidazole rings is 1. The summed E-state index contributed by atoms with van der Waals surface area (Å²) >= 11 is 0. The molecule has 0 amide bonds. The predicted octanol–water partition coefficient (Wildman–Crippen LogP) is 4.07. The van der Waals surface area contributed by atoms with Crippen molar-refractivity contribution < 1.29 is 9.47 Å². The van der Waals surface area contributed by atoms with Gasteiger partial charge in [0.25, 0.3) is 0 Å². The minimum Gasteiger partial charge on any atom is -0.489 e. The van der Waals surface area contributed by atoms with Crippen LogP contribution in [0.1, 0.15) is 35.6 Å². The quantitative estimate of drug-likeness (QED) is 0.703. The third-order valence-electron chi connectivity index (χ3n) is 5.76. The van der Waals surface area contributed by atoms with E-state index in [0.29, 0.717) is 0 Å². The molecule has 0 spiro atoms. The molecular weight excluding hydrogens is 338 g/mol. The van der Waals surface area contributed by atoms with Crippen molar-refractivity contribution in [1.29, 1.82) is 0 Å². The standard InChI is InChI=1S/C22H25N3O2/c1-15-10-16(5-6-17(15)21-4-3-8-26-21)13-25-14-23-18-11-20-22(12-19(18)25)27-9-7-24(20)2/h5-6,10-12,14,21H,3-4,7-9,13H2,1-2H3/t21-/m0/s1.